The molecule has 0 spiro atoms. The Labute approximate surface area is 128 Å². The van der Waals surface area contributed by atoms with Crippen molar-refractivity contribution in [1.29, 1.82) is 0 Å². The summed E-state index contributed by atoms with van der Waals surface area (Å²) in [5, 5.41) is 8.70. The van der Waals surface area contributed by atoms with E-state index in [4.69, 9.17) is 15.6 Å². The molecular weight excluding hydrogens is 288 g/mol. The Hall–Kier alpha value is -2.41. The van der Waals surface area contributed by atoms with Crippen molar-refractivity contribution in [2.24, 2.45) is 5.73 Å². The van der Waals surface area contributed by atoms with Gasteiger partial charge in [0.05, 0.1) is 19.6 Å². The number of hydrogen-bond donors (Lipinski definition) is 2. The van der Waals surface area contributed by atoms with Gasteiger partial charge in [-0.1, -0.05) is 30.3 Å². The molecule has 0 unspecified atom stereocenters. The van der Waals surface area contributed by atoms with Crippen molar-refractivity contribution in [3.05, 3.63) is 35.9 Å². The molecule has 0 saturated carbocycles. The van der Waals surface area contributed by atoms with Crippen LogP contribution in [0.3, 0.4) is 0 Å². The van der Waals surface area contributed by atoms with Crippen LogP contribution in [0.15, 0.2) is 30.3 Å². The molecule has 2 atom stereocenters. The molecule has 0 aliphatic rings. The highest BCUT2D eigenvalue weighted by molar-refractivity contribution is 5.89. The van der Waals surface area contributed by atoms with Crippen molar-refractivity contribution >= 4 is 17.8 Å². The van der Waals surface area contributed by atoms with Crippen molar-refractivity contribution in [3.8, 4) is 0 Å². The number of hydrogen-bond acceptors (Lipinski definition) is 5. The predicted octanol–water partition coefficient (Wildman–Crippen LogP) is 0.0311. The molecule has 0 radical (unpaired) electrons. The maximum atomic E-state index is 12.2. The number of amides is 1. The number of ether oxygens (including phenoxy) is 1. The second kappa shape index (κ2) is 8.14. The molecule has 3 N–H and O–H groups in total. The van der Waals surface area contributed by atoms with Crippen molar-refractivity contribution in [1.82, 2.24) is 4.90 Å². The summed E-state index contributed by atoms with van der Waals surface area (Å²) in [5.74, 6) is -2.37. The minimum atomic E-state index is -1.20. The van der Waals surface area contributed by atoms with Gasteiger partial charge in [-0.05, 0) is 5.56 Å². The van der Waals surface area contributed by atoms with E-state index in [1.54, 1.807) is 0 Å². The molecule has 120 valence electrons. The van der Waals surface area contributed by atoms with Crippen LogP contribution >= 0.6 is 0 Å². The molecule has 0 fully saturated rings. The lowest BCUT2D eigenvalue weighted by molar-refractivity contribution is -0.152. The summed E-state index contributed by atoms with van der Waals surface area (Å²) < 4.78 is 4.73. The van der Waals surface area contributed by atoms with Gasteiger partial charge in [0.25, 0.3) is 0 Å². The summed E-state index contributed by atoms with van der Waals surface area (Å²) in [4.78, 5) is 35.9. The number of esters is 1. The average molecular weight is 308 g/mol. The van der Waals surface area contributed by atoms with Gasteiger partial charge in [-0.15, -0.1) is 0 Å². The Kier molecular flexibility index (Phi) is 6.52. The van der Waals surface area contributed by atoms with Gasteiger partial charge < -0.3 is 20.5 Å². The van der Waals surface area contributed by atoms with E-state index >= 15 is 0 Å². The third-order valence-corrected chi connectivity index (χ3v) is 3.27. The molecule has 1 aromatic rings. The Bertz CT molecular complexity index is 532. The number of likely N-dealkylation sites (N-methyl/N-ethyl adjacent to an activating group) is 1. The minimum absolute atomic E-state index is 0.259. The first-order chi connectivity index (χ1) is 10.4. The topological polar surface area (TPSA) is 110 Å². The van der Waals surface area contributed by atoms with E-state index < -0.39 is 36.4 Å². The van der Waals surface area contributed by atoms with Crippen LogP contribution < -0.4 is 5.73 Å². The first-order valence-electron chi connectivity index (χ1n) is 6.72. The third-order valence-electron chi connectivity index (χ3n) is 3.27. The summed E-state index contributed by atoms with van der Waals surface area (Å²) in [7, 11) is 2.64. The van der Waals surface area contributed by atoms with Gasteiger partial charge in [0, 0.05) is 13.5 Å². The van der Waals surface area contributed by atoms with Gasteiger partial charge >= 0.3 is 11.9 Å². The highest BCUT2D eigenvalue weighted by Gasteiger charge is 2.31. The second-order valence-electron chi connectivity index (χ2n) is 4.88. The lowest BCUT2D eigenvalue weighted by Crippen LogP contribution is -2.51. The summed E-state index contributed by atoms with van der Waals surface area (Å²) >= 11 is 0. The maximum absolute atomic E-state index is 12.2. The quantitative estimate of drug-likeness (QED) is 0.688. The highest BCUT2D eigenvalue weighted by atomic mass is 16.5. The average Bonchev–Trinajstić information content (AvgIpc) is 2.50. The van der Waals surface area contributed by atoms with Crippen LogP contribution in [0.1, 0.15) is 12.0 Å². The summed E-state index contributed by atoms with van der Waals surface area (Å²) in [6.45, 7) is 0. The molecule has 0 heterocycles. The highest BCUT2D eigenvalue weighted by Crippen LogP contribution is 2.11. The van der Waals surface area contributed by atoms with Gasteiger partial charge in [-0.3, -0.25) is 9.59 Å². The fourth-order valence-corrected chi connectivity index (χ4v) is 2.04. The molecule has 0 saturated heterocycles. The second-order valence-corrected chi connectivity index (χ2v) is 4.88. The van der Waals surface area contributed by atoms with E-state index in [2.05, 4.69) is 0 Å². The molecule has 7 nitrogen and oxygen atoms in total. The van der Waals surface area contributed by atoms with Crippen LogP contribution in [0, 0.1) is 0 Å². The monoisotopic (exact) mass is 308 g/mol. The number of nitrogens with two attached hydrogens (primary N) is 1. The summed E-state index contributed by atoms with van der Waals surface area (Å²) in [6.07, 6.45) is -0.238. The normalized spacial score (nSPS) is 13.0. The van der Waals surface area contributed by atoms with Gasteiger partial charge in [-0.25, -0.2) is 4.79 Å². The Morgan fingerprint density at radius 2 is 1.86 bits per heavy atom. The lowest BCUT2D eigenvalue weighted by Gasteiger charge is -2.28. The Morgan fingerprint density at radius 1 is 1.27 bits per heavy atom. The number of carboxylic acids is 1. The number of benzene rings is 1. The molecule has 1 amide bonds. The number of carboxylic acid groups (broad SMARTS) is 1. The van der Waals surface area contributed by atoms with Crippen LogP contribution in [0.25, 0.3) is 0 Å². The largest absolute Gasteiger partial charge is 0.481 e. The van der Waals surface area contributed by atoms with Crippen molar-refractivity contribution in [2.45, 2.75) is 24.9 Å². The predicted molar refractivity (Wildman–Crippen MR) is 78.9 cm³/mol. The first kappa shape index (κ1) is 17.6. The maximum Gasteiger partial charge on any atom is 0.328 e. The number of carbonyl (C=O) groups excluding carboxylic acids is 2. The van der Waals surface area contributed by atoms with Gasteiger partial charge in [0.2, 0.25) is 5.91 Å². The Morgan fingerprint density at radius 3 is 2.36 bits per heavy atom. The number of aliphatic carboxylic acids is 1. The zero-order chi connectivity index (χ0) is 16.7. The lowest BCUT2D eigenvalue weighted by atomic mass is 10.0. The van der Waals surface area contributed by atoms with E-state index in [-0.39, 0.29) is 6.42 Å². The first-order valence-corrected chi connectivity index (χ1v) is 6.72. The third kappa shape index (κ3) is 4.85. The Balaban J connectivity index is 2.89. The molecule has 0 bridgehead atoms. The number of nitrogens with zero attached hydrogens (tertiary/aromatic N) is 1. The number of carbonyl (C=O) groups is 3. The van der Waals surface area contributed by atoms with Crippen LogP contribution in [-0.4, -0.2) is 54.1 Å². The molecule has 22 heavy (non-hydrogen) atoms. The molecule has 0 aromatic heterocycles. The van der Waals surface area contributed by atoms with Gasteiger partial charge in [0.1, 0.15) is 6.04 Å². The minimum Gasteiger partial charge on any atom is -0.481 e. The molecule has 1 rings (SSSR count). The summed E-state index contributed by atoms with van der Waals surface area (Å²) in [6, 6.07) is 7.07. The fraction of sp³-hybridized carbons (Fsp3) is 0.400. The van der Waals surface area contributed by atoms with Crippen molar-refractivity contribution < 1.29 is 24.2 Å². The standard InChI is InChI=1S/C15H20N2O5/c1-17(14(20)11(16)9-13(18)19)12(15(21)22-2)8-10-6-4-3-5-7-10/h3-7,11-12H,8-9,16H2,1-2H3,(H,18,19)/t11-,12-/m0/s1. The molecule has 0 aliphatic carbocycles. The van der Waals surface area contributed by atoms with Crippen LogP contribution in [-0.2, 0) is 25.5 Å². The van der Waals surface area contributed by atoms with Crippen LogP contribution in [0.4, 0.5) is 0 Å². The summed E-state index contributed by atoms with van der Waals surface area (Å²) in [5.41, 5.74) is 6.42. The van der Waals surface area contributed by atoms with Crippen LogP contribution in [0.5, 0.6) is 0 Å². The number of methoxy groups -OCH3 is 1. The van der Waals surface area contributed by atoms with Gasteiger partial charge in [0.15, 0.2) is 0 Å². The smallest absolute Gasteiger partial charge is 0.328 e. The zero-order valence-corrected chi connectivity index (χ0v) is 12.6. The SMILES string of the molecule is COC(=O)[C@H](Cc1ccccc1)N(C)C(=O)[C@@H](N)CC(=O)O. The van der Waals surface area contributed by atoms with E-state index in [1.165, 1.54) is 14.2 Å². The van der Waals surface area contributed by atoms with E-state index in [0.717, 1.165) is 10.5 Å². The number of rotatable bonds is 7. The zero-order valence-electron chi connectivity index (χ0n) is 12.6. The fourth-order valence-electron chi connectivity index (χ4n) is 2.04. The van der Waals surface area contributed by atoms with E-state index in [9.17, 15) is 14.4 Å². The van der Waals surface area contributed by atoms with Crippen LogP contribution in [0.2, 0.25) is 0 Å². The molecule has 0 aliphatic heterocycles. The molecule has 1 aromatic carbocycles. The van der Waals surface area contributed by atoms with Crippen molar-refractivity contribution in [2.75, 3.05) is 14.2 Å². The molecular formula is C15H20N2O5. The van der Waals surface area contributed by atoms with E-state index in [0.29, 0.717) is 0 Å². The van der Waals surface area contributed by atoms with E-state index in [1.807, 2.05) is 30.3 Å². The van der Waals surface area contributed by atoms with Gasteiger partial charge in [-0.2, -0.15) is 0 Å². The van der Waals surface area contributed by atoms with Crippen molar-refractivity contribution in [3.63, 3.8) is 0 Å². The molecule has 7 heteroatoms.